The fourth-order valence-corrected chi connectivity index (χ4v) is 2.31. The molecule has 4 nitrogen and oxygen atoms in total. The highest BCUT2D eigenvalue weighted by Gasteiger charge is 2.10. The second-order valence-electron chi connectivity index (χ2n) is 3.51. The van der Waals surface area contributed by atoms with Gasteiger partial charge in [-0.05, 0) is 17.9 Å². The molecule has 1 aromatic carbocycles. The van der Waals surface area contributed by atoms with Crippen molar-refractivity contribution in [3.8, 4) is 6.07 Å². The van der Waals surface area contributed by atoms with Gasteiger partial charge in [0.2, 0.25) is 0 Å². The average molecular weight is 266 g/mol. The number of nitrogens with zero attached hydrogens (tertiary/aromatic N) is 1. The number of nitriles is 1. The van der Waals surface area contributed by atoms with Crippen molar-refractivity contribution < 1.29 is 9.47 Å². The minimum absolute atomic E-state index is 0.320. The van der Waals surface area contributed by atoms with Crippen LogP contribution < -0.4 is 5.32 Å². The van der Waals surface area contributed by atoms with E-state index in [0.29, 0.717) is 12.1 Å². The van der Waals surface area contributed by atoms with Crippen LogP contribution in [0.15, 0.2) is 23.1 Å². The van der Waals surface area contributed by atoms with E-state index in [-0.39, 0.29) is 6.29 Å². The van der Waals surface area contributed by atoms with Gasteiger partial charge in [0, 0.05) is 19.1 Å². The van der Waals surface area contributed by atoms with E-state index in [1.165, 1.54) is 0 Å². The Bertz CT molecular complexity index is 414. The highest BCUT2D eigenvalue weighted by Crippen LogP contribution is 2.27. The lowest BCUT2D eigenvalue weighted by atomic mass is 10.2. The van der Waals surface area contributed by atoms with Gasteiger partial charge in [0.15, 0.2) is 6.29 Å². The Labute approximate surface area is 112 Å². The quantitative estimate of drug-likeness (QED) is 0.607. The number of anilines is 1. The van der Waals surface area contributed by atoms with Crippen LogP contribution in [-0.4, -0.2) is 32.8 Å². The van der Waals surface area contributed by atoms with Crippen molar-refractivity contribution in [1.29, 1.82) is 5.26 Å². The van der Waals surface area contributed by atoms with Gasteiger partial charge in [0.1, 0.15) is 6.07 Å². The lowest BCUT2D eigenvalue weighted by molar-refractivity contribution is -0.0914. The fourth-order valence-electron chi connectivity index (χ4n) is 1.53. The van der Waals surface area contributed by atoms with Crippen molar-refractivity contribution in [2.75, 3.05) is 31.8 Å². The summed E-state index contributed by atoms with van der Waals surface area (Å²) in [6.07, 6.45) is -0.320. The molecule has 1 rings (SSSR count). The standard InChI is InChI=1S/C13H18N2O2S/c1-4-18-12-7-5-6-11(10(12)8-14)15-9-13(16-2)17-3/h5-7,13,15H,4,9H2,1-3H3. The van der Waals surface area contributed by atoms with Crippen LogP contribution in [0, 0.1) is 11.3 Å². The molecular formula is C13H18N2O2S. The van der Waals surface area contributed by atoms with Crippen LogP contribution in [0.2, 0.25) is 0 Å². The third kappa shape index (κ3) is 3.91. The molecule has 0 aromatic heterocycles. The van der Waals surface area contributed by atoms with Gasteiger partial charge in [0.05, 0.1) is 17.8 Å². The van der Waals surface area contributed by atoms with Crippen LogP contribution in [0.1, 0.15) is 12.5 Å². The molecule has 0 saturated heterocycles. The van der Waals surface area contributed by atoms with Crippen molar-refractivity contribution >= 4 is 17.4 Å². The van der Waals surface area contributed by atoms with Crippen LogP contribution in [0.25, 0.3) is 0 Å². The zero-order valence-corrected chi connectivity index (χ0v) is 11.7. The molecule has 0 atom stereocenters. The highest BCUT2D eigenvalue weighted by atomic mass is 32.2. The van der Waals surface area contributed by atoms with Crippen molar-refractivity contribution in [3.63, 3.8) is 0 Å². The van der Waals surface area contributed by atoms with Gasteiger partial charge in [-0.1, -0.05) is 13.0 Å². The normalized spacial score (nSPS) is 10.4. The van der Waals surface area contributed by atoms with E-state index in [1.54, 1.807) is 26.0 Å². The Balaban J connectivity index is 2.82. The van der Waals surface area contributed by atoms with Gasteiger partial charge in [0.25, 0.3) is 0 Å². The molecule has 0 saturated carbocycles. The van der Waals surface area contributed by atoms with Gasteiger partial charge in [-0.25, -0.2) is 0 Å². The van der Waals surface area contributed by atoms with E-state index in [0.717, 1.165) is 16.3 Å². The molecule has 0 aliphatic rings. The summed E-state index contributed by atoms with van der Waals surface area (Å²) in [7, 11) is 3.18. The summed E-state index contributed by atoms with van der Waals surface area (Å²) in [5.74, 6) is 0.941. The summed E-state index contributed by atoms with van der Waals surface area (Å²) < 4.78 is 10.2. The first-order valence-corrected chi connectivity index (χ1v) is 6.70. The second kappa shape index (κ2) is 7.98. The summed E-state index contributed by atoms with van der Waals surface area (Å²) in [5.41, 5.74) is 1.49. The molecule has 0 fully saturated rings. The van der Waals surface area contributed by atoms with Gasteiger partial charge in [-0.3, -0.25) is 0 Å². The predicted molar refractivity (Wildman–Crippen MR) is 73.9 cm³/mol. The molecule has 0 unspecified atom stereocenters. The maximum atomic E-state index is 9.24. The molecule has 0 heterocycles. The van der Waals surface area contributed by atoms with Crippen LogP contribution >= 0.6 is 11.8 Å². The van der Waals surface area contributed by atoms with E-state index in [2.05, 4.69) is 18.3 Å². The molecular weight excluding hydrogens is 248 g/mol. The summed E-state index contributed by atoms with van der Waals surface area (Å²) >= 11 is 1.66. The molecule has 0 aliphatic heterocycles. The number of hydrogen-bond acceptors (Lipinski definition) is 5. The molecule has 0 radical (unpaired) electrons. The predicted octanol–water partition coefficient (Wildman–Crippen LogP) is 2.70. The van der Waals surface area contributed by atoms with Gasteiger partial charge in [-0.2, -0.15) is 5.26 Å². The highest BCUT2D eigenvalue weighted by molar-refractivity contribution is 7.99. The maximum absolute atomic E-state index is 9.24. The van der Waals surface area contributed by atoms with Crippen molar-refractivity contribution in [3.05, 3.63) is 23.8 Å². The lowest BCUT2D eigenvalue weighted by Gasteiger charge is -2.16. The number of hydrogen-bond donors (Lipinski definition) is 1. The molecule has 0 bridgehead atoms. The Morgan fingerprint density at radius 1 is 1.39 bits per heavy atom. The lowest BCUT2D eigenvalue weighted by Crippen LogP contribution is -2.23. The molecule has 0 aliphatic carbocycles. The van der Waals surface area contributed by atoms with E-state index in [9.17, 15) is 5.26 Å². The molecule has 1 N–H and O–H groups in total. The van der Waals surface area contributed by atoms with Crippen LogP contribution in [0.3, 0.4) is 0 Å². The number of ether oxygens (including phenoxy) is 2. The fraction of sp³-hybridized carbons (Fsp3) is 0.462. The van der Waals surface area contributed by atoms with Crippen molar-refractivity contribution in [1.82, 2.24) is 0 Å². The zero-order chi connectivity index (χ0) is 13.4. The number of rotatable bonds is 7. The molecule has 5 heteroatoms. The number of benzene rings is 1. The third-order valence-corrected chi connectivity index (χ3v) is 3.36. The smallest absolute Gasteiger partial charge is 0.173 e. The summed E-state index contributed by atoms with van der Waals surface area (Å²) in [5, 5.41) is 12.4. The van der Waals surface area contributed by atoms with Crippen molar-refractivity contribution in [2.24, 2.45) is 0 Å². The molecule has 98 valence electrons. The molecule has 0 spiro atoms. The Hall–Kier alpha value is -1.22. The molecule has 18 heavy (non-hydrogen) atoms. The van der Waals surface area contributed by atoms with Crippen LogP contribution in [0.5, 0.6) is 0 Å². The van der Waals surface area contributed by atoms with Crippen LogP contribution in [-0.2, 0) is 9.47 Å². The first-order chi connectivity index (χ1) is 8.76. The molecule has 0 amide bonds. The number of thioether (sulfide) groups is 1. The van der Waals surface area contributed by atoms with E-state index in [4.69, 9.17) is 9.47 Å². The SMILES string of the molecule is CCSc1cccc(NCC(OC)OC)c1C#N. The van der Waals surface area contributed by atoms with E-state index in [1.807, 2.05) is 18.2 Å². The van der Waals surface area contributed by atoms with Gasteiger partial charge >= 0.3 is 0 Å². The largest absolute Gasteiger partial charge is 0.379 e. The number of nitrogens with one attached hydrogen (secondary N) is 1. The van der Waals surface area contributed by atoms with E-state index >= 15 is 0 Å². The van der Waals surface area contributed by atoms with Gasteiger partial charge in [-0.15, -0.1) is 11.8 Å². The molecule has 1 aromatic rings. The monoisotopic (exact) mass is 266 g/mol. The minimum Gasteiger partial charge on any atom is -0.379 e. The first-order valence-electron chi connectivity index (χ1n) is 5.72. The first kappa shape index (κ1) is 14.8. The third-order valence-electron chi connectivity index (χ3n) is 2.42. The average Bonchev–Trinajstić information content (AvgIpc) is 2.40. The maximum Gasteiger partial charge on any atom is 0.173 e. The van der Waals surface area contributed by atoms with Crippen molar-refractivity contribution in [2.45, 2.75) is 18.1 Å². The summed E-state index contributed by atoms with van der Waals surface area (Å²) in [6.45, 7) is 2.57. The van der Waals surface area contributed by atoms with Crippen LogP contribution in [0.4, 0.5) is 5.69 Å². The topological polar surface area (TPSA) is 54.3 Å². The Morgan fingerprint density at radius 3 is 2.67 bits per heavy atom. The summed E-state index contributed by atoms with van der Waals surface area (Å²) in [6, 6.07) is 8.03. The van der Waals surface area contributed by atoms with Gasteiger partial charge < -0.3 is 14.8 Å². The summed E-state index contributed by atoms with van der Waals surface area (Å²) in [4.78, 5) is 0.997. The Morgan fingerprint density at radius 2 is 2.11 bits per heavy atom. The number of methoxy groups -OCH3 is 2. The second-order valence-corrected chi connectivity index (χ2v) is 4.81. The zero-order valence-electron chi connectivity index (χ0n) is 10.9. The minimum atomic E-state index is -0.320. The van der Waals surface area contributed by atoms with E-state index < -0.39 is 0 Å². The Kier molecular flexibility index (Phi) is 6.58.